The number of anilines is 1. The van der Waals surface area contributed by atoms with Gasteiger partial charge in [-0.2, -0.15) is 5.10 Å². The summed E-state index contributed by atoms with van der Waals surface area (Å²) in [4.78, 5) is 38.0. The SMILES string of the molecule is CCOc1cc(/C=N\NC(=O)C(=O)Nc2ccc(F)cc2)cc(Br)c1OCC(=O)N1CCOCC1. The molecule has 0 aromatic heterocycles. The maximum atomic E-state index is 12.9. The lowest BCUT2D eigenvalue weighted by molar-refractivity contribution is -0.137. The maximum absolute atomic E-state index is 12.9. The lowest BCUT2D eigenvalue weighted by atomic mass is 10.2. The summed E-state index contributed by atoms with van der Waals surface area (Å²) < 4.78 is 30.1. The third-order valence-corrected chi connectivity index (χ3v) is 5.31. The fourth-order valence-corrected chi connectivity index (χ4v) is 3.61. The average Bonchev–Trinajstić information content (AvgIpc) is 2.85. The highest BCUT2D eigenvalue weighted by atomic mass is 79.9. The molecule has 1 heterocycles. The molecule has 0 atom stereocenters. The van der Waals surface area contributed by atoms with E-state index in [1.807, 2.05) is 0 Å². The van der Waals surface area contributed by atoms with E-state index in [2.05, 4.69) is 31.8 Å². The topological polar surface area (TPSA) is 119 Å². The lowest BCUT2D eigenvalue weighted by Gasteiger charge is -2.27. The van der Waals surface area contributed by atoms with Gasteiger partial charge >= 0.3 is 11.8 Å². The van der Waals surface area contributed by atoms with Crippen molar-refractivity contribution in [3.63, 3.8) is 0 Å². The molecule has 2 N–H and O–H groups in total. The zero-order valence-corrected chi connectivity index (χ0v) is 20.5. The molecule has 1 fully saturated rings. The van der Waals surface area contributed by atoms with Gasteiger partial charge in [-0.15, -0.1) is 0 Å². The van der Waals surface area contributed by atoms with Gasteiger partial charge in [-0.1, -0.05) is 0 Å². The van der Waals surface area contributed by atoms with Crippen molar-refractivity contribution in [3.8, 4) is 11.5 Å². The molecular weight excluding hydrogens is 527 g/mol. The minimum atomic E-state index is -1.00. The zero-order valence-electron chi connectivity index (χ0n) is 18.9. The first kappa shape index (κ1) is 26.1. The number of amides is 3. The Labute approximate surface area is 209 Å². The Bertz CT molecular complexity index is 1090. The first-order valence-electron chi connectivity index (χ1n) is 10.7. The number of nitrogens with one attached hydrogen (secondary N) is 2. The smallest absolute Gasteiger partial charge is 0.329 e. The number of nitrogens with zero attached hydrogens (tertiary/aromatic N) is 2. The second-order valence-electron chi connectivity index (χ2n) is 7.20. The minimum Gasteiger partial charge on any atom is -0.490 e. The van der Waals surface area contributed by atoms with Crippen LogP contribution in [-0.2, 0) is 19.1 Å². The van der Waals surface area contributed by atoms with Crippen molar-refractivity contribution in [1.82, 2.24) is 10.3 Å². The van der Waals surface area contributed by atoms with E-state index in [-0.39, 0.29) is 18.2 Å². The largest absolute Gasteiger partial charge is 0.490 e. The Hall–Kier alpha value is -3.51. The monoisotopic (exact) mass is 550 g/mol. The van der Waals surface area contributed by atoms with Crippen LogP contribution in [0.2, 0.25) is 0 Å². The molecule has 35 heavy (non-hydrogen) atoms. The molecule has 2 aromatic rings. The second kappa shape index (κ2) is 12.8. The van der Waals surface area contributed by atoms with Gasteiger partial charge in [0.15, 0.2) is 18.1 Å². The normalized spacial score (nSPS) is 13.4. The summed E-state index contributed by atoms with van der Waals surface area (Å²) in [5.41, 5.74) is 2.92. The molecule has 0 saturated carbocycles. The summed E-state index contributed by atoms with van der Waals surface area (Å²) in [5, 5.41) is 6.12. The molecular formula is C23H24BrFN4O6. The Kier molecular flexibility index (Phi) is 9.56. The summed E-state index contributed by atoms with van der Waals surface area (Å²) in [5.74, 6) is -1.86. The van der Waals surface area contributed by atoms with Crippen LogP contribution in [0.4, 0.5) is 10.1 Å². The van der Waals surface area contributed by atoms with E-state index in [9.17, 15) is 18.8 Å². The quantitative estimate of drug-likeness (QED) is 0.296. The Morgan fingerprint density at radius 1 is 1.14 bits per heavy atom. The van der Waals surface area contributed by atoms with Crippen molar-refractivity contribution >= 4 is 45.6 Å². The van der Waals surface area contributed by atoms with Crippen LogP contribution in [0.1, 0.15) is 12.5 Å². The van der Waals surface area contributed by atoms with Gasteiger partial charge in [-0.25, -0.2) is 9.82 Å². The summed E-state index contributed by atoms with van der Waals surface area (Å²) in [6.07, 6.45) is 1.32. The van der Waals surface area contributed by atoms with Gasteiger partial charge < -0.3 is 24.4 Å². The minimum absolute atomic E-state index is 0.157. The number of rotatable bonds is 8. The van der Waals surface area contributed by atoms with Gasteiger partial charge in [-0.05, 0) is 64.8 Å². The van der Waals surface area contributed by atoms with Gasteiger partial charge in [0.25, 0.3) is 5.91 Å². The lowest BCUT2D eigenvalue weighted by Crippen LogP contribution is -2.43. The van der Waals surface area contributed by atoms with Crippen molar-refractivity contribution < 1.29 is 33.0 Å². The van der Waals surface area contributed by atoms with Crippen LogP contribution in [0.5, 0.6) is 11.5 Å². The molecule has 2 aromatic carbocycles. The number of morpholine rings is 1. The number of hydrogen-bond donors (Lipinski definition) is 2. The van der Waals surface area contributed by atoms with Crippen LogP contribution in [0.25, 0.3) is 0 Å². The van der Waals surface area contributed by atoms with Crippen LogP contribution in [0.15, 0.2) is 46.0 Å². The van der Waals surface area contributed by atoms with E-state index >= 15 is 0 Å². The summed E-state index contributed by atoms with van der Waals surface area (Å²) in [7, 11) is 0. The third kappa shape index (κ3) is 7.76. The van der Waals surface area contributed by atoms with Crippen LogP contribution in [0.3, 0.4) is 0 Å². The number of carbonyl (C=O) groups excluding carboxylic acids is 3. The molecule has 1 saturated heterocycles. The summed E-state index contributed by atoms with van der Waals surface area (Å²) >= 11 is 3.41. The molecule has 3 rings (SSSR count). The predicted molar refractivity (Wildman–Crippen MR) is 129 cm³/mol. The summed E-state index contributed by atoms with van der Waals surface area (Å²) in [6, 6.07) is 8.25. The molecule has 0 unspecified atom stereocenters. The van der Waals surface area contributed by atoms with Crippen LogP contribution >= 0.6 is 15.9 Å². The third-order valence-electron chi connectivity index (χ3n) is 4.72. The van der Waals surface area contributed by atoms with Gasteiger partial charge in [0.05, 0.1) is 30.5 Å². The van der Waals surface area contributed by atoms with Crippen LogP contribution < -0.4 is 20.2 Å². The van der Waals surface area contributed by atoms with E-state index in [0.717, 1.165) is 12.1 Å². The first-order chi connectivity index (χ1) is 16.9. The van der Waals surface area contributed by atoms with Gasteiger partial charge in [-0.3, -0.25) is 14.4 Å². The molecule has 0 aliphatic carbocycles. The number of benzene rings is 2. The van der Waals surface area contributed by atoms with Crippen molar-refractivity contribution in [1.29, 1.82) is 0 Å². The Balaban J connectivity index is 1.60. The Morgan fingerprint density at radius 2 is 1.86 bits per heavy atom. The van der Waals surface area contributed by atoms with Crippen LogP contribution in [0, 0.1) is 5.82 Å². The van der Waals surface area contributed by atoms with Gasteiger partial charge in [0, 0.05) is 18.8 Å². The first-order valence-corrected chi connectivity index (χ1v) is 11.5. The van der Waals surface area contributed by atoms with E-state index in [1.54, 1.807) is 24.0 Å². The standard InChI is InChI=1S/C23H24BrFN4O6/c1-2-34-19-12-15(11-18(24)21(19)35-14-20(30)29-7-9-33-10-8-29)13-26-28-23(32)22(31)27-17-5-3-16(25)4-6-17/h3-6,11-13H,2,7-10,14H2,1H3,(H,27,31)(H,28,32)/b26-13-. The molecule has 1 aliphatic heterocycles. The highest BCUT2D eigenvalue weighted by Crippen LogP contribution is 2.36. The molecule has 10 nitrogen and oxygen atoms in total. The Morgan fingerprint density at radius 3 is 2.54 bits per heavy atom. The van der Waals surface area contributed by atoms with E-state index in [0.29, 0.717) is 54.4 Å². The van der Waals surface area contributed by atoms with Crippen molar-refractivity contribution in [3.05, 3.63) is 52.3 Å². The van der Waals surface area contributed by atoms with E-state index in [1.165, 1.54) is 18.3 Å². The van der Waals surface area contributed by atoms with E-state index in [4.69, 9.17) is 14.2 Å². The molecule has 0 radical (unpaired) electrons. The average molecular weight is 551 g/mol. The van der Waals surface area contributed by atoms with Crippen molar-refractivity contribution in [2.45, 2.75) is 6.92 Å². The number of carbonyl (C=O) groups is 3. The number of halogens is 2. The molecule has 3 amide bonds. The fraction of sp³-hybridized carbons (Fsp3) is 0.304. The van der Waals surface area contributed by atoms with Crippen molar-refractivity contribution in [2.24, 2.45) is 5.10 Å². The molecule has 1 aliphatic rings. The second-order valence-corrected chi connectivity index (χ2v) is 8.06. The fourth-order valence-electron chi connectivity index (χ4n) is 3.04. The van der Waals surface area contributed by atoms with Gasteiger partial charge in [0.1, 0.15) is 5.82 Å². The van der Waals surface area contributed by atoms with Gasteiger partial charge in [0.2, 0.25) is 0 Å². The zero-order chi connectivity index (χ0) is 25.2. The summed E-state index contributed by atoms with van der Waals surface area (Å²) in [6.45, 7) is 4.02. The predicted octanol–water partition coefficient (Wildman–Crippen LogP) is 2.31. The highest BCUT2D eigenvalue weighted by molar-refractivity contribution is 9.10. The van der Waals surface area contributed by atoms with E-state index < -0.39 is 17.6 Å². The highest BCUT2D eigenvalue weighted by Gasteiger charge is 2.19. The van der Waals surface area contributed by atoms with Crippen LogP contribution in [-0.4, -0.2) is 68.4 Å². The molecule has 0 spiro atoms. The number of hydrogen-bond acceptors (Lipinski definition) is 7. The number of hydrazone groups is 1. The molecule has 0 bridgehead atoms. The molecule has 186 valence electrons. The van der Waals surface area contributed by atoms with Crippen molar-refractivity contribution in [2.75, 3.05) is 44.8 Å². The molecule has 12 heteroatoms. The maximum Gasteiger partial charge on any atom is 0.329 e. The number of ether oxygens (including phenoxy) is 3.